The van der Waals surface area contributed by atoms with Gasteiger partial charge in [-0.05, 0) is 43.4 Å². The zero-order chi connectivity index (χ0) is 18.7. The highest BCUT2D eigenvalue weighted by molar-refractivity contribution is 7.99. The molecule has 0 bridgehead atoms. The Labute approximate surface area is 165 Å². The average Bonchev–Trinajstić information content (AvgIpc) is 3.37. The number of hydrazone groups is 1. The lowest BCUT2D eigenvalue weighted by molar-refractivity contribution is -0.0129. The number of benzene rings is 1. The highest BCUT2D eigenvalue weighted by Crippen LogP contribution is 2.33. The summed E-state index contributed by atoms with van der Waals surface area (Å²) < 4.78 is 5.51. The topological polar surface area (TPSA) is 57.2 Å². The number of thioether (sulfide) groups is 1. The summed E-state index contributed by atoms with van der Waals surface area (Å²) in [5, 5.41) is 9.71. The lowest BCUT2D eigenvalue weighted by Gasteiger charge is -2.43. The van der Waals surface area contributed by atoms with Gasteiger partial charge in [-0.2, -0.15) is 16.9 Å². The summed E-state index contributed by atoms with van der Waals surface area (Å²) >= 11 is 1.99. The predicted molar refractivity (Wildman–Crippen MR) is 111 cm³/mol. The van der Waals surface area contributed by atoms with Gasteiger partial charge < -0.3 is 10.1 Å². The van der Waals surface area contributed by atoms with Gasteiger partial charge in [0.15, 0.2) is 0 Å². The molecule has 0 aromatic heterocycles. The lowest BCUT2D eigenvalue weighted by Crippen LogP contribution is -2.59. The number of nitrogens with one attached hydrogen (secondary N) is 1. The molecule has 0 saturated carbocycles. The molecule has 2 saturated heterocycles. The van der Waals surface area contributed by atoms with Gasteiger partial charge in [0, 0.05) is 55.2 Å². The number of carbonyl (C=O) groups is 1. The van der Waals surface area contributed by atoms with Gasteiger partial charge in [-0.15, -0.1) is 0 Å². The van der Waals surface area contributed by atoms with Crippen LogP contribution in [0.15, 0.2) is 29.4 Å². The minimum atomic E-state index is 0.00666. The molecule has 27 heavy (non-hydrogen) atoms. The van der Waals surface area contributed by atoms with E-state index in [1.165, 1.54) is 0 Å². The third-order valence-corrected chi connectivity index (χ3v) is 6.98. The molecule has 1 aromatic rings. The first-order valence-electron chi connectivity index (χ1n) is 9.77. The molecule has 0 radical (unpaired) electrons. The number of rotatable bonds is 5. The SMILES string of the molecule is CC1=NN(c2ccc(C(=O)NCC3(N4CCOCC4)CCSC3)cc2)CC1. The second kappa shape index (κ2) is 8.20. The predicted octanol–water partition coefficient (Wildman–Crippen LogP) is 2.21. The summed E-state index contributed by atoms with van der Waals surface area (Å²) in [6, 6.07) is 7.78. The fraction of sp³-hybridized carbons (Fsp3) is 0.600. The average molecular weight is 389 g/mol. The van der Waals surface area contributed by atoms with Gasteiger partial charge in [-0.1, -0.05) is 0 Å². The molecule has 6 nitrogen and oxygen atoms in total. The van der Waals surface area contributed by atoms with E-state index >= 15 is 0 Å². The molecular formula is C20H28N4O2S. The van der Waals surface area contributed by atoms with Gasteiger partial charge in [-0.25, -0.2) is 0 Å². The first-order valence-corrected chi connectivity index (χ1v) is 10.9. The van der Waals surface area contributed by atoms with Crippen LogP contribution in [0, 0.1) is 0 Å². The maximum atomic E-state index is 12.7. The first-order chi connectivity index (χ1) is 13.2. The van der Waals surface area contributed by atoms with Crippen LogP contribution >= 0.6 is 11.8 Å². The first kappa shape index (κ1) is 18.8. The number of hydrogen-bond donors (Lipinski definition) is 1. The summed E-state index contributed by atoms with van der Waals surface area (Å²) in [4.78, 5) is 15.2. The zero-order valence-corrected chi connectivity index (χ0v) is 16.8. The molecule has 1 unspecified atom stereocenters. The molecule has 1 amide bonds. The molecule has 3 aliphatic rings. The van der Waals surface area contributed by atoms with Crippen LogP contribution in [0.25, 0.3) is 0 Å². The van der Waals surface area contributed by atoms with Crippen molar-refractivity contribution in [3.8, 4) is 0 Å². The number of anilines is 1. The summed E-state index contributed by atoms with van der Waals surface area (Å²) in [5.74, 6) is 2.25. The molecule has 0 aliphatic carbocycles. The molecule has 1 atom stereocenters. The van der Waals surface area contributed by atoms with E-state index < -0.39 is 0 Å². The quantitative estimate of drug-likeness (QED) is 0.838. The van der Waals surface area contributed by atoms with Gasteiger partial charge in [0.25, 0.3) is 5.91 Å². The second-order valence-electron chi connectivity index (χ2n) is 7.56. The Balaban J connectivity index is 1.38. The van der Waals surface area contributed by atoms with Crippen molar-refractivity contribution in [1.29, 1.82) is 0 Å². The van der Waals surface area contributed by atoms with Crippen molar-refractivity contribution < 1.29 is 9.53 Å². The lowest BCUT2D eigenvalue weighted by atomic mass is 9.95. The summed E-state index contributed by atoms with van der Waals surface area (Å²) in [5.41, 5.74) is 2.98. The second-order valence-corrected chi connectivity index (χ2v) is 8.67. The molecule has 3 heterocycles. The van der Waals surface area contributed by atoms with Crippen LogP contribution in [0.4, 0.5) is 5.69 Å². The van der Waals surface area contributed by atoms with E-state index in [0.29, 0.717) is 12.1 Å². The van der Waals surface area contributed by atoms with E-state index in [1.807, 2.05) is 48.0 Å². The van der Waals surface area contributed by atoms with E-state index in [0.717, 1.165) is 68.6 Å². The van der Waals surface area contributed by atoms with Crippen LogP contribution in [0.1, 0.15) is 30.1 Å². The number of amides is 1. The molecule has 1 N–H and O–H groups in total. The van der Waals surface area contributed by atoms with Crippen LogP contribution in [0.5, 0.6) is 0 Å². The smallest absolute Gasteiger partial charge is 0.251 e. The number of nitrogens with zero attached hydrogens (tertiary/aromatic N) is 3. The third-order valence-electron chi connectivity index (χ3n) is 5.75. The minimum absolute atomic E-state index is 0.00666. The minimum Gasteiger partial charge on any atom is -0.379 e. The molecule has 1 aromatic carbocycles. The molecule has 4 rings (SSSR count). The van der Waals surface area contributed by atoms with Crippen molar-refractivity contribution >= 4 is 29.1 Å². The van der Waals surface area contributed by atoms with Crippen LogP contribution < -0.4 is 10.3 Å². The highest BCUT2D eigenvalue weighted by atomic mass is 32.2. The Hall–Kier alpha value is -1.57. The largest absolute Gasteiger partial charge is 0.379 e. The van der Waals surface area contributed by atoms with Crippen LogP contribution in [-0.4, -0.2) is 73.0 Å². The van der Waals surface area contributed by atoms with E-state index in [2.05, 4.69) is 15.3 Å². The summed E-state index contributed by atoms with van der Waals surface area (Å²) in [7, 11) is 0. The Morgan fingerprint density at radius 1 is 1.26 bits per heavy atom. The number of hydrogen-bond acceptors (Lipinski definition) is 6. The fourth-order valence-electron chi connectivity index (χ4n) is 4.03. The van der Waals surface area contributed by atoms with E-state index in [1.54, 1.807) is 0 Å². The monoisotopic (exact) mass is 388 g/mol. The maximum Gasteiger partial charge on any atom is 0.251 e. The van der Waals surface area contributed by atoms with Gasteiger partial charge in [-0.3, -0.25) is 14.7 Å². The Morgan fingerprint density at radius 3 is 2.67 bits per heavy atom. The van der Waals surface area contributed by atoms with Crippen LogP contribution in [-0.2, 0) is 4.74 Å². The maximum absolute atomic E-state index is 12.7. The third kappa shape index (κ3) is 4.15. The van der Waals surface area contributed by atoms with Crippen molar-refractivity contribution in [2.45, 2.75) is 25.3 Å². The molecule has 3 aliphatic heterocycles. The van der Waals surface area contributed by atoms with Gasteiger partial charge in [0.1, 0.15) is 0 Å². The Kier molecular flexibility index (Phi) is 5.71. The van der Waals surface area contributed by atoms with E-state index in [-0.39, 0.29) is 11.4 Å². The van der Waals surface area contributed by atoms with Crippen molar-refractivity contribution in [2.75, 3.05) is 55.9 Å². The number of carbonyl (C=O) groups excluding carboxylic acids is 1. The molecule has 0 spiro atoms. The normalized spacial score (nSPS) is 26.3. The summed E-state index contributed by atoms with van der Waals surface area (Å²) in [6.07, 6.45) is 2.13. The molecular weight excluding hydrogens is 360 g/mol. The van der Waals surface area contributed by atoms with Crippen molar-refractivity contribution in [3.05, 3.63) is 29.8 Å². The van der Waals surface area contributed by atoms with E-state index in [9.17, 15) is 4.79 Å². The van der Waals surface area contributed by atoms with Gasteiger partial charge in [0.05, 0.1) is 18.9 Å². The van der Waals surface area contributed by atoms with Gasteiger partial charge in [0.2, 0.25) is 0 Å². The van der Waals surface area contributed by atoms with Crippen LogP contribution in [0.3, 0.4) is 0 Å². The fourth-order valence-corrected chi connectivity index (χ4v) is 5.50. The van der Waals surface area contributed by atoms with Crippen LogP contribution in [0.2, 0.25) is 0 Å². The van der Waals surface area contributed by atoms with Crippen molar-refractivity contribution in [1.82, 2.24) is 10.2 Å². The standard InChI is InChI=1S/C20H28N4O2S/c1-16-6-8-24(22-16)18-4-2-17(3-5-18)19(25)21-14-20(7-13-27-15-20)23-9-11-26-12-10-23/h2-5H,6-15H2,1H3,(H,21,25). The summed E-state index contributed by atoms with van der Waals surface area (Å²) in [6.45, 7) is 7.17. The van der Waals surface area contributed by atoms with Crippen molar-refractivity contribution in [2.24, 2.45) is 5.10 Å². The van der Waals surface area contributed by atoms with E-state index in [4.69, 9.17) is 4.74 Å². The Morgan fingerprint density at radius 2 is 2.04 bits per heavy atom. The zero-order valence-electron chi connectivity index (χ0n) is 15.9. The highest BCUT2D eigenvalue weighted by Gasteiger charge is 2.40. The molecule has 2 fully saturated rings. The molecule has 146 valence electrons. The van der Waals surface area contributed by atoms with Crippen molar-refractivity contribution in [3.63, 3.8) is 0 Å². The number of ether oxygens (including phenoxy) is 1. The number of morpholine rings is 1. The van der Waals surface area contributed by atoms with Gasteiger partial charge >= 0.3 is 0 Å². The molecule has 7 heteroatoms. The Bertz CT molecular complexity index is 694.